The molecule has 1 N–H and O–H groups in total. The van der Waals surface area contributed by atoms with Crippen LogP contribution in [0.5, 0.6) is 0 Å². The van der Waals surface area contributed by atoms with Gasteiger partial charge in [0.25, 0.3) is 11.4 Å². The summed E-state index contributed by atoms with van der Waals surface area (Å²) in [6.45, 7) is 0.415. The van der Waals surface area contributed by atoms with Gasteiger partial charge in [0.2, 0.25) is 0 Å². The fourth-order valence-electron chi connectivity index (χ4n) is 1.95. The molecule has 0 radical (unpaired) electrons. The molecule has 0 fully saturated rings. The first-order valence-corrected chi connectivity index (χ1v) is 6.29. The van der Waals surface area contributed by atoms with Crippen LogP contribution in [0.4, 0.5) is 22.7 Å². The van der Waals surface area contributed by atoms with Gasteiger partial charge in [-0.1, -0.05) is 12.1 Å². The van der Waals surface area contributed by atoms with E-state index < -0.39 is 9.85 Å². The zero-order valence-corrected chi connectivity index (χ0v) is 11.7. The zero-order valence-electron chi connectivity index (χ0n) is 11.7. The standard InChI is InChI=1S/C14H13N3O5/c1-22-9-10-3-2-4-11(7-10)15-13-6-5-12(16(18)19)8-14(13)17(20)21/h2-8,15H,9H2,1H3. The van der Waals surface area contributed by atoms with Gasteiger partial charge in [-0.05, 0) is 23.8 Å². The van der Waals surface area contributed by atoms with Gasteiger partial charge in [-0.2, -0.15) is 0 Å². The molecular formula is C14H13N3O5. The Bertz CT molecular complexity index is 717. The molecule has 0 saturated carbocycles. The molecular weight excluding hydrogens is 290 g/mol. The van der Waals surface area contributed by atoms with E-state index in [2.05, 4.69) is 5.32 Å². The Hall–Kier alpha value is -3.00. The third-order valence-corrected chi connectivity index (χ3v) is 2.91. The van der Waals surface area contributed by atoms with Crippen molar-refractivity contribution >= 4 is 22.7 Å². The van der Waals surface area contributed by atoms with Crippen LogP contribution in [-0.2, 0) is 11.3 Å². The van der Waals surface area contributed by atoms with E-state index in [-0.39, 0.29) is 17.1 Å². The van der Waals surface area contributed by atoms with Crippen LogP contribution in [0.3, 0.4) is 0 Å². The van der Waals surface area contributed by atoms with E-state index in [1.54, 1.807) is 25.3 Å². The van der Waals surface area contributed by atoms with Crippen LogP contribution >= 0.6 is 0 Å². The largest absolute Gasteiger partial charge is 0.380 e. The number of nitrogens with one attached hydrogen (secondary N) is 1. The second kappa shape index (κ2) is 6.64. The van der Waals surface area contributed by atoms with Crippen LogP contribution < -0.4 is 5.32 Å². The molecule has 0 amide bonds. The van der Waals surface area contributed by atoms with Crippen molar-refractivity contribution in [3.8, 4) is 0 Å². The topological polar surface area (TPSA) is 108 Å². The maximum Gasteiger partial charge on any atom is 0.299 e. The summed E-state index contributed by atoms with van der Waals surface area (Å²) >= 11 is 0. The average molecular weight is 303 g/mol. The minimum Gasteiger partial charge on any atom is -0.380 e. The molecule has 0 aliphatic heterocycles. The van der Waals surface area contributed by atoms with Gasteiger partial charge in [0.15, 0.2) is 0 Å². The van der Waals surface area contributed by atoms with E-state index in [4.69, 9.17) is 4.74 Å². The zero-order chi connectivity index (χ0) is 16.1. The number of nitrogens with zero attached hydrogens (tertiary/aromatic N) is 2. The highest BCUT2D eigenvalue weighted by atomic mass is 16.6. The molecule has 2 aromatic carbocycles. The van der Waals surface area contributed by atoms with E-state index in [1.165, 1.54) is 12.1 Å². The lowest BCUT2D eigenvalue weighted by Crippen LogP contribution is -1.99. The number of rotatable bonds is 6. The summed E-state index contributed by atoms with van der Waals surface area (Å²) in [6, 6.07) is 10.6. The lowest BCUT2D eigenvalue weighted by Gasteiger charge is -2.08. The fourth-order valence-corrected chi connectivity index (χ4v) is 1.95. The third kappa shape index (κ3) is 3.55. The van der Waals surface area contributed by atoms with Crippen LogP contribution in [0, 0.1) is 20.2 Å². The average Bonchev–Trinajstić information content (AvgIpc) is 2.48. The lowest BCUT2D eigenvalue weighted by atomic mass is 10.2. The van der Waals surface area contributed by atoms with Crippen LogP contribution in [-0.4, -0.2) is 17.0 Å². The van der Waals surface area contributed by atoms with Gasteiger partial charge >= 0.3 is 0 Å². The van der Waals surface area contributed by atoms with Gasteiger partial charge in [0, 0.05) is 18.9 Å². The van der Waals surface area contributed by atoms with Crippen molar-refractivity contribution in [1.29, 1.82) is 0 Å². The number of hydrogen-bond acceptors (Lipinski definition) is 6. The number of ether oxygens (including phenoxy) is 1. The number of hydrogen-bond donors (Lipinski definition) is 1. The van der Waals surface area contributed by atoms with Crippen molar-refractivity contribution in [2.24, 2.45) is 0 Å². The first kappa shape index (κ1) is 15.4. The number of non-ortho nitro benzene ring substituents is 1. The quantitative estimate of drug-likeness (QED) is 0.647. The second-order valence-corrected chi connectivity index (χ2v) is 4.47. The maximum absolute atomic E-state index is 11.1. The van der Waals surface area contributed by atoms with Gasteiger partial charge in [-0.15, -0.1) is 0 Å². The highest BCUT2D eigenvalue weighted by Gasteiger charge is 2.19. The number of benzene rings is 2. The predicted molar refractivity (Wildman–Crippen MR) is 80.2 cm³/mol. The van der Waals surface area contributed by atoms with Crippen molar-refractivity contribution < 1.29 is 14.6 Å². The Balaban J connectivity index is 2.34. The monoisotopic (exact) mass is 303 g/mol. The molecule has 8 nitrogen and oxygen atoms in total. The van der Waals surface area contributed by atoms with Crippen molar-refractivity contribution in [1.82, 2.24) is 0 Å². The van der Waals surface area contributed by atoms with Gasteiger partial charge in [-0.25, -0.2) is 0 Å². The second-order valence-electron chi connectivity index (χ2n) is 4.47. The summed E-state index contributed by atoms with van der Waals surface area (Å²) in [7, 11) is 1.57. The van der Waals surface area contributed by atoms with E-state index in [0.29, 0.717) is 12.3 Å². The van der Waals surface area contributed by atoms with E-state index >= 15 is 0 Å². The molecule has 0 unspecified atom stereocenters. The number of nitro groups is 2. The van der Waals surface area contributed by atoms with Crippen molar-refractivity contribution in [2.45, 2.75) is 6.61 Å². The summed E-state index contributed by atoms with van der Waals surface area (Å²) < 4.78 is 5.03. The van der Waals surface area contributed by atoms with Gasteiger partial charge in [0.1, 0.15) is 5.69 Å². The molecule has 2 rings (SSSR count). The first-order valence-electron chi connectivity index (χ1n) is 6.29. The molecule has 0 heterocycles. The molecule has 0 bridgehead atoms. The number of nitro benzene ring substituents is 2. The van der Waals surface area contributed by atoms with Crippen molar-refractivity contribution in [3.05, 3.63) is 68.3 Å². The fraction of sp³-hybridized carbons (Fsp3) is 0.143. The minimum atomic E-state index is -0.671. The van der Waals surface area contributed by atoms with E-state index in [9.17, 15) is 20.2 Å². The Morgan fingerprint density at radius 2 is 1.86 bits per heavy atom. The van der Waals surface area contributed by atoms with Crippen LogP contribution in [0.15, 0.2) is 42.5 Å². The SMILES string of the molecule is COCc1cccc(Nc2ccc([N+](=O)[O-])cc2[N+](=O)[O-])c1. The van der Waals surface area contributed by atoms with Gasteiger partial charge in [0.05, 0.1) is 22.5 Å². The normalized spacial score (nSPS) is 10.2. The smallest absolute Gasteiger partial charge is 0.299 e. The van der Waals surface area contributed by atoms with Crippen LogP contribution in [0.25, 0.3) is 0 Å². The summed E-state index contributed by atoms with van der Waals surface area (Å²) in [5, 5.41) is 24.7. The molecule has 22 heavy (non-hydrogen) atoms. The Morgan fingerprint density at radius 3 is 2.50 bits per heavy atom. The van der Waals surface area contributed by atoms with E-state index in [0.717, 1.165) is 11.6 Å². The minimum absolute atomic E-state index is 0.185. The summed E-state index contributed by atoms with van der Waals surface area (Å²) in [5.74, 6) is 0. The maximum atomic E-state index is 11.1. The highest BCUT2D eigenvalue weighted by Crippen LogP contribution is 2.31. The summed E-state index contributed by atoms with van der Waals surface area (Å²) in [5.41, 5.74) is 1.03. The lowest BCUT2D eigenvalue weighted by molar-refractivity contribution is -0.393. The summed E-state index contributed by atoms with van der Waals surface area (Å²) in [4.78, 5) is 20.5. The molecule has 0 aliphatic carbocycles. The molecule has 0 aliphatic rings. The molecule has 8 heteroatoms. The molecule has 0 aromatic heterocycles. The molecule has 114 valence electrons. The number of methoxy groups -OCH3 is 1. The molecule has 2 aromatic rings. The Kier molecular flexibility index (Phi) is 4.64. The molecule has 0 atom stereocenters. The van der Waals surface area contributed by atoms with Gasteiger partial charge in [-0.3, -0.25) is 20.2 Å². The van der Waals surface area contributed by atoms with Crippen molar-refractivity contribution in [3.63, 3.8) is 0 Å². The molecule has 0 spiro atoms. The highest BCUT2D eigenvalue weighted by molar-refractivity contribution is 5.71. The number of anilines is 2. The molecule has 0 saturated heterocycles. The van der Waals surface area contributed by atoms with Crippen molar-refractivity contribution in [2.75, 3.05) is 12.4 Å². The predicted octanol–water partition coefficient (Wildman–Crippen LogP) is 3.39. The Labute approximate surface area is 125 Å². The third-order valence-electron chi connectivity index (χ3n) is 2.91. The Morgan fingerprint density at radius 1 is 1.09 bits per heavy atom. The van der Waals surface area contributed by atoms with Gasteiger partial charge < -0.3 is 10.1 Å². The van der Waals surface area contributed by atoms with E-state index in [1.807, 2.05) is 6.07 Å². The van der Waals surface area contributed by atoms with Crippen LogP contribution in [0.1, 0.15) is 5.56 Å². The first-order chi connectivity index (χ1) is 10.5. The summed E-state index contributed by atoms with van der Waals surface area (Å²) in [6.07, 6.45) is 0. The van der Waals surface area contributed by atoms with Crippen LogP contribution in [0.2, 0.25) is 0 Å².